The van der Waals surface area contributed by atoms with Crippen LogP contribution in [0, 0.1) is 6.92 Å². The third-order valence-corrected chi connectivity index (χ3v) is 3.52. The Morgan fingerprint density at radius 3 is 2.52 bits per heavy atom. The van der Waals surface area contributed by atoms with Gasteiger partial charge in [0, 0.05) is 5.69 Å². The zero-order chi connectivity index (χ0) is 14.8. The van der Waals surface area contributed by atoms with Crippen LogP contribution in [0.1, 0.15) is 12.0 Å². The fraction of sp³-hybridized carbons (Fsp3) is 0.176. The molecule has 3 rings (SSSR count). The number of aryl methyl sites for hydroxylation is 1. The number of hydrogen-bond donors (Lipinski definition) is 1. The van der Waals surface area contributed by atoms with Gasteiger partial charge in [-0.25, -0.2) is 4.90 Å². The first-order chi connectivity index (χ1) is 10.1. The van der Waals surface area contributed by atoms with Gasteiger partial charge in [0.1, 0.15) is 6.04 Å². The molecule has 0 aliphatic carbocycles. The van der Waals surface area contributed by atoms with Crippen LogP contribution in [0.3, 0.4) is 0 Å². The maximum atomic E-state index is 12.4. The van der Waals surface area contributed by atoms with E-state index in [9.17, 15) is 9.59 Å². The smallest absolute Gasteiger partial charge is 0.256 e. The quantitative estimate of drug-likeness (QED) is 0.879. The van der Waals surface area contributed by atoms with Crippen LogP contribution in [0.4, 0.5) is 11.4 Å². The summed E-state index contributed by atoms with van der Waals surface area (Å²) in [6, 6.07) is 16.3. The van der Waals surface area contributed by atoms with Gasteiger partial charge in [-0.2, -0.15) is 0 Å². The molecule has 2 aromatic rings. The van der Waals surface area contributed by atoms with Gasteiger partial charge in [-0.05, 0) is 36.8 Å². The number of carbonyl (C=O) groups excluding carboxylic acids is 2. The molecule has 4 nitrogen and oxygen atoms in total. The minimum Gasteiger partial charge on any atom is -0.373 e. The average molecular weight is 280 g/mol. The molecule has 0 saturated carbocycles. The van der Waals surface area contributed by atoms with E-state index in [1.807, 2.05) is 49.4 Å². The Morgan fingerprint density at radius 2 is 1.81 bits per heavy atom. The topological polar surface area (TPSA) is 49.4 Å². The third-order valence-electron chi connectivity index (χ3n) is 3.52. The molecule has 0 aromatic heterocycles. The molecule has 106 valence electrons. The maximum absolute atomic E-state index is 12.4. The molecule has 1 heterocycles. The van der Waals surface area contributed by atoms with Crippen molar-refractivity contribution in [2.75, 3.05) is 10.2 Å². The Balaban J connectivity index is 1.81. The standard InChI is InChI=1S/C17H16N2O2/c1-12-6-5-7-13(10-12)18-15-11-16(20)19(17(15)21)14-8-3-2-4-9-14/h2-10,15,18H,11H2,1H3/t15-/m0/s1. The summed E-state index contributed by atoms with van der Waals surface area (Å²) in [4.78, 5) is 25.8. The lowest BCUT2D eigenvalue weighted by Gasteiger charge is -2.16. The van der Waals surface area contributed by atoms with E-state index < -0.39 is 6.04 Å². The molecule has 1 N–H and O–H groups in total. The molecule has 0 bridgehead atoms. The van der Waals surface area contributed by atoms with Crippen LogP contribution in [0.25, 0.3) is 0 Å². The Bertz CT molecular complexity index is 682. The molecule has 4 heteroatoms. The van der Waals surface area contributed by atoms with E-state index in [4.69, 9.17) is 0 Å². The van der Waals surface area contributed by atoms with Crippen molar-refractivity contribution in [3.63, 3.8) is 0 Å². The van der Waals surface area contributed by atoms with E-state index in [1.54, 1.807) is 12.1 Å². The van der Waals surface area contributed by atoms with E-state index >= 15 is 0 Å². The zero-order valence-corrected chi connectivity index (χ0v) is 11.7. The van der Waals surface area contributed by atoms with Crippen LogP contribution in [-0.2, 0) is 9.59 Å². The highest BCUT2D eigenvalue weighted by Crippen LogP contribution is 2.24. The van der Waals surface area contributed by atoms with E-state index in [-0.39, 0.29) is 18.2 Å². The first-order valence-electron chi connectivity index (χ1n) is 6.90. The Morgan fingerprint density at radius 1 is 1.05 bits per heavy atom. The van der Waals surface area contributed by atoms with Crippen molar-refractivity contribution in [2.45, 2.75) is 19.4 Å². The van der Waals surface area contributed by atoms with Gasteiger partial charge in [0.2, 0.25) is 5.91 Å². The number of anilines is 2. The number of hydrogen-bond acceptors (Lipinski definition) is 3. The molecule has 1 fully saturated rings. The second-order valence-corrected chi connectivity index (χ2v) is 5.17. The molecule has 0 unspecified atom stereocenters. The number of nitrogens with one attached hydrogen (secondary N) is 1. The highest BCUT2D eigenvalue weighted by molar-refractivity contribution is 6.23. The lowest BCUT2D eigenvalue weighted by molar-refractivity contribution is -0.121. The molecular formula is C17H16N2O2. The van der Waals surface area contributed by atoms with Crippen LogP contribution in [-0.4, -0.2) is 17.9 Å². The predicted octanol–water partition coefficient (Wildman–Crippen LogP) is 2.74. The van der Waals surface area contributed by atoms with E-state index in [2.05, 4.69) is 5.32 Å². The van der Waals surface area contributed by atoms with Gasteiger partial charge in [-0.15, -0.1) is 0 Å². The van der Waals surface area contributed by atoms with Gasteiger partial charge < -0.3 is 5.32 Å². The van der Waals surface area contributed by atoms with Gasteiger partial charge in [-0.3, -0.25) is 9.59 Å². The Hall–Kier alpha value is -2.62. The molecule has 1 aliphatic heterocycles. The molecule has 1 saturated heterocycles. The zero-order valence-electron chi connectivity index (χ0n) is 11.7. The van der Waals surface area contributed by atoms with Gasteiger partial charge >= 0.3 is 0 Å². The summed E-state index contributed by atoms with van der Waals surface area (Å²) in [5, 5.41) is 3.15. The van der Waals surface area contributed by atoms with Crippen LogP contribution in [0.5, 0.6) is 0 Å². The number of benzene rings is 2. The average Bonchev–Trinajstić information content (AvgIpc) is 2.74. The molecule has 0 spiro atoms. The predicted molar refractivity (Wildman–Crippen MR) is 82.1 cm³/mol. The largest absolute Gasteiger partial charge is 0.373 e. The maximum Gasteiger partial charge on any atom is 0.256 e. The summed E-state index contributed by atoms with van der Waals surface area (Å²) >= 11 is 0. The number of imide groups is 1. The van der Waals surface area contributed by atoms with Gasteiger partial charge in [0.15, 0.2) is 0 Å². The fourth-order valence-electron chi connectivity index (χ4n) is 2.53. The first kappa shape index (κ1) is 13.4. The van der Waals surface area contributed by atoms with Crippen molar-refractivity contribution in [3.05, 3.63) is 60.2 Å². The summed E-state index contributed by atoms with van der Waals surface area (Å²) in [5.74, 6) is -0.371. The molecule has 2 aromatic carbocycles. The minimum absolute atomic E-state index is 0.170. The molecule has 2 amide bonds. The van der Waals surface area contributed by atoms with Crippen molar-refractivity contribution in [3.8, 4) is 0 Å². The van der Waals surface area contributed by atoms with Crippen LogP contribution >= 0.6 is 0 Å². The minimum atomic E-state index is -0.500. The van der Waals surface area contributed by atoms with E-state index in [1.165, 1.54) is 4.90 Å². The highest BCUT2D eigenvalue weighted by atomic mass is 16.2. The molecule has 1 atom stereocenters. The number of carbonyl (C=O) groups is 2. The fourth-order valence-corrected chi connectivity index (χ4v) is 2.53. The summed E-state index contributed by atoms with van der Waals surface area (Å²) in [6.45, 7) is 1.99. The lowest BCUT2D eigenvalue weighted by atomic mass is 10.2. The van der Waals surface area contributed by atoms with Gasteiger partial charge in [0.05, 0.1) is 12.1 Å². The number of amides is 2. The number of nitrogens with zero attached hydrogens (tertiary/aromatic N) is 1. The van der Waals surface area contributed by atoms with Crippen molar-refractivity contribution in [2.24, 2.45) is 0 Å². The SMILES string of the molecule is Cc1cccc(N[C@H]2CC(=O)N(c3ccccc3)C2=O)c1. The van der Waals surface area contributed by atoms with Crippen LogP contribution in [0.2, 0.25) is 0 Å². The third kappa shape index (κ3) is 2.65. The monoisotopic (exact) mass is 280 g/mol. The second-order valence-electron chi connectivity index (χ2n) is 5.17. The van der Waals surface area contributed by atoms with Crippen molar-refractivity contribution >= 4 is 23.2 Å². The summed E-state index contributed by atoms with van der Waals surface area (Å²) in [6.07, 6.45) is 0.182. The number of para-hydroxylation sites is 1. The van der Waals surface area contributed by atoms with Crippen LogP contribution in [0.15, 0.2) is 54.6 Å². The highest BCUT2D eigenvalue weighted by Gasteiger charge is 2.39. The van der Waals surface area contributed by atoms with Crippen LogP contribution < -0.4 is 10.2 Å². The molecule has 21 heavy (non-hydrogen) atoms. The Labute approximate surface area is 123 Å². The van der Waals surface area contributed by atoms with Gasteiger partial charge in [0.25, 0.3) is 5.91 Å². The Kier molecular flexibility index (Phi) is 3.44. The molecule has 1 aliphatic rings. The lowest BCUT2D eigenvalue weighted by Crippen LogP contribution is -2.34. The van der Waals surface area contributed by atoms with E-state index in [0.29, 0.717) is 5.69 Å². The first-order valence-corrected chi connectivity index (χ1v) is 6.90. The van der Waals surface area contributed by atoms with E-state index in [0.717, 1.165) is 11.3 Å². The summed E-state index contributed by atoms with van der Waals surface area (Å²) < 4.78 is 0. The molecule has 0 radical (unpaired) electrons. The molecular weight excluding hydrogens is 264 g/mol. The normalized spacial score (nSPS) is 18.1. The summed E-state index contributed by atoms with van der Waals surface area (Å²) in [7, 11) is 0. The summed E-state index contributed by atoms with van der Waals surface area (Å²) in [5.41, 5.74) is 2.59. The van der Waals surface area contributed by atoms with Crippen molar-refractivity contribution < 1.29 is 9.59 Å². The van der Waals surface area contributed by atoms with Gasteiger partial charge in [-0.1, -0.05) is 30.3 Å². The van der Waals surface area contributed by atoms with Crippen molar-refractivity contribution in [1.29, 1.82) is 0 Å². The number of rotatable bonds is 3. The van der Waals surface area contributed by atoms with Crippen molar-refractivity contribution in [1.82, 2.24) is 0 Å². The second kappa shape index (κ2) is 5.40.